The summed E-state index contributed by atoms with van der Waals surface area (Å²) in [5.74, 6) is -1.70. The second kappa shape index (κ2) is 10.9. The Kier molecular flexibility index (Phi) is 7.45. The average Bonchev–Trinajstić information content (AvgIpc) is 3.19. The van der Waals surface area contributed by atoms with Gasteiger partial charge >= 0.3 is 12.1 Å². The lowest BCUT2D eigenvalue weighted by atomic mass is 9.98. The fourth-order valence-corrected chi connectivity index (χ4v) is 4.41. The highest BCUT2D eigenvalue weighted by Crippen LogP contribution is 2.44. The lowest BCUT2D eigenvalue weighted by Gasteiger charge is -2.15. The Balaban J connectivity index is 1.21. The smallest absolute Gasteiger partial charge is 0.407 e. The SMILES string of the molecule is CC(CCCNC(=O)OCC1c2ccccc2-c2ccccc21)C(=O)Nc1ccccc1C(=O)O. The minimum absolute atomic E-state index is 0.00514. The van der Waals surface area contributed by atoms with Crippen LogP contribution >= 0.6 is 0 Å². The number of anilines is 1. The number of aromatic carboxylic acids is 1. The monoisotopic (exact) mass is 472 g/mol. The van der Waals surface area contributed by atoms with Gasteiger partial charge in [0.2, 0.25) is 5.91 Å². The summed E-state index contributed by atoms with van der Waals surface area (Å²) >= 11 is 0. The molecule has 0 saturated carbocycles. The molecule has 3 aromatic carbocycles. The van der Waals surface area contributed by atoms with Crippen LogP contribution in [0.15, 0.2) is 72.8 Å². The first kappa shape index (κ1) is 24.0. The van der Waals surface area contributed by atoms with Crippen LogP contribution in [0.2, 0.25) is 0 Å². The maximum Gasteiger partial charge on any atom is 0.407 e. The molecule has 1 atom stereocenters. The van der Waals surface area contributed by atoms with Gasteiger partial charge in [-0.3, -0.25) is 4.79 Å². The molecule has 4 rings (SSSR count). The van der Waals surface area contributed by atoms with E-state index in [0.29, 0.717) is 19.4 Å². The zero-order valence-corrected chi connectivity index (χ0v) is 19.5. The Morgan fingerprint density at radius 2 is 1.51 bits per heavy atom. The molecule has 3 aromatic rings. The van der Waals surface area contributed by atoms with Crippen molar-refractivity contribution < 1.29 is 24.2 Å². The molecule has 180 valence electrons. The number of ether oxygens (including phenoxy) is 1. The van der Waals surface area contributed by atoms with E-state index >= 15 is 0 Å². The predicted octanol–water partition coefficient (Wildman–Crippen LogP) is 5.28. The van der Waals surface area contributed by atoms with Crippen molar-refractivity contribution in [3.8, 4) is 11.1 Å². The minimum Gasteiger partial charge on any atom is -0.478 e. The largest absolute Gasteiger partial charge is 0.478 e. The summed E-state index contributed by atoms with van der Waals surface area (Å²) in [5.41, 5.74) is 4.99. The highest BCUT2D eigenvalue weighted by atomic mass is 16.5. The maximum atomic E-state index is 12.5. The van der Waals surface area contributed by atoms with Crippen LogP contribution in [0, 0.1) is 5.92 Å². The first-order valence-corrected chi connectivity index (χ1v) is 11.7. The third kappa shape index (κ3) is 5.51. The van der Waals surface area contributed by atoms with Crippen LogP contribution in [0.4, 0.5) is 10.5 Å². The van der Waals surface area contributed by atoms with E-state index in [9.17, 15) is 19.5 Å². The summed E-state index contributed by atoms with van der Waals surface area (Å²) in [7, 11) is 0. The number of carbonyl (C=O) groups excluding carboxylic acids is 2. The van der Waals surface area contributed by atoms with E-state index in [0.717, 1.165) is 11.1 Å². The number of carbonyl (C=O) groups is 3. The summed E-state index contributed by atoms with van der Waals surface area (Å²) < 4.78 is 5.52. The molecule has 0 radical (unpaired) electrons. The van der Waals surface area contributed by atoms with Crippen molar-refractivity contribution in [3.05, 3.63) is 89.5 Å². The number of carboxylic acids is 1. The Bertz CT molecular complexity index is 1190. The number of nitrogens with one attached hydrogen (secondary N) is 2. The van der Waals surface area contributed by atoms with Crippen LogP contribution in [0.3, 0.4) is 0 Å². The number of hydrogen-bond donors (Lipinski definition) is 3. The number of hydrogen-bond acceptors (Lipinski definition) is 4. The molecular weight excluding hydrogens is 444 g/mol. The van der Waals surface area contributed by atoms with Gasteiger partial charge in [-0.2, -0.15) is 0 Å². The topological polar surface area (TPSA) is 105 Å². The summed E-state index contributed by atoms with van der Waals surface area (Å²) in [5, 5.41) is 14.7. The van der Waals surface area contributed by atoms with Crippen LogP contribution in [0.1, 0.15) is 47.2 Å². The van der Waals surface area contributed by atoms with Crippen LogP contribution in [0.25, 0.3) is 11.1 Å². The Morgan fingerprint density at radius 1 is 0.914 bits per heavy atom. The van der Waals surface area contributed by atoms with Gasteiger partial charge < -0.3 is 20.5 Å². The minimum atomic E-state index is -1.10. The average molecular weight is 473 g/mol. The van der Waals surface area contributed by atoms with E-state index in [2.05, 4.69) is 34.9 Å². The highest BCUT2D eigenvalue weighted by molar-refractivity contribution is 6.01. The molecule has 0 bridgehead atoms. The quantitative estimate of drug-likeness (QED) is 0.368. The fraction of sp³-hybridized carbons (Fsp3) is 0.250. The summed E-state index contributed by atoms with van der Waals surface area (Å²) in [6, 6.07) is 22.6. The van der Waals surface area contributed by atoms with Gasteiger partial charge in [-0.15, -0.1) is 0 Å². The lowest BCUT2D eigenvalue weighted by molar-refractivity contribution is -0.119. The number of benzene rings is 3. The number of rotatable bonds is 9. The third-order valence-electron chi connectivity index (χ3n) is 6.29. The van der Waals surface area contributed by atoms with Crippen molar-refractivity contribution in [2.45, 2.75) is 25.7 Å². The number of carboxylic acid groups (broad SMARTS) is 1. The normalized spacial score (nSPS) is 12.8. The van der Waals surface area contributed by atoms with Crippen LogP contribution in [-0.2, 0) is 9.53 Å². The van der Waals surface area contributed by atoms with Gasteiger partial charge in [0.05, 0.1) is 11.3 Å². The second-order valence-corrected chi connectivity index (χ2v) is 8.64. The van der Waals surface area contributed by atoms with Gasteiger partial charge in [-0.1, -0.05) is 67.6 Å². The van der Waals surface area contributed by atoms with Crippen LogP contribution < -0.4 is 10.6 Å². The van der Waals surface area contributed by atoms with E-state index in [-0.39, 0.29) is 35.6 Å². The second-order valence-electron chi connectivity index (χ2n) is 8.64. The molecule has 35 heavy (non-hydrogen) atoms. The first-order valence-electron chi connectivity index (χ1n) is 11.7. The molecule has 0 aliphatic heterocycles. The molecular formula is C28H28N2O5. The van der Waals surface area contributed by atoms with Crippen molar-refractivity contribution in [1.82, 2.24) is 5.32 Å². The number of amides is 2. The molecule has 7 heteroatoms. The molecule has 0 fully saturated rings. The van der Waals surface area contributed by atoms with Gasteiger partial charge in [0, 0.05) is 18.4 Å². The van der Waals surface area contributed by atoms with Crippen LogP contribution in [-0.4, -0.2) is 36.2 Å². The zero-order valence-electron chi connectivity index (χ0n) is 19.5. The molecule has 0 saturated heterocycles. The standard InChI is InChI=1S/C28H28N2O5/c1-18(26(31)30-25-15-7-6-14-23(25)27(32)33)9-8-16-29-28(34)35-17-24-21-12-4-2-10-19(21)20-11-3-5-13-22(20)24/h2-7,10-15,18,24H,8-9,16-17H2,1H3,(H,29,34)(H,30,31)(H,32,33). The Labute approximate surface area is 204 Å². The molecule has 7 nitrogen and oxygen atoms in total. The molecule has 0 spiro atoms. The van der Waals surface area contributed by atoms with Crippen molar-refractivity contribution in [3.63, 3.8) is 0 Å². The molecule has 1 unspecified atom stereocenters. The Morgan fingerprint density at radius 3 is 2.17 bits per heavy atom. The zero-order chi connectivity index (χ0) is 24.8. The van der Waals surface area contributed by atoms with E-state index in [1.807, 2.05) is 24.3 Å². The van der Waals surface area contributed by atoms with Crippen molar-refractivity contribution in [2.75, 3.05) is 18.5 Å². The summed E-state index contributed by atoms with van der Waals surface area (Å²) in [4.78, 5) is 36.0. The lowest BCUT2D eigenvalue weighted by Crippen LogP contribution is -2.28. The summed E-state index contributed by atoms with van der Waals surface area (Å²) in [6.07, 6.45) is 0.628. The molecule has 0 aromatic heterocycles. The fourth-order valence-electron chi connectivity index (χ4n) is 4.41. The van der Waals surface area contributed by atoms with E-state index in [1.54, 1.807) is 25.1 Å². The van der Waals surface area contributed by atoms with Crippen LogP contribution in [0.5, 0.6) is 0 Å². The van der Waals surface area contributed by atoms with Gasteiger partial charge in [0.15, 0.2) is 0 Å². The summed E-state index contributed by atoms with van der Waals surface area (Å²) in [6.45, 7) is 2.40. The van der Waals surface area contributed by atoms with Gasteiger partial charge in [0.25, 0.3) is 0 Å². The maximum absolute atomic E-state index is 12.5. The van der Waals surface area contributed by atoms with Crippen molar-refractivity contribution in [1.29, 1.82) is 0 Å². The van der Waals surface area contributed by atoms with E-state index in [1.165, 1.54) is 17.2 Å². The number of para-hydroxylation sites is 1. The number of alkyl carbamates (subject to hydrolysis) is 1. The van der Waals surface area contributed by atoms with Gasteiger partial charge in [-0.05, 0) is 47.2 Å². The molecule has 1 aliphatic carbocycles. The Hall–Kier alpha value is -4.13. The molecule has 0 heterocycles. The van der Waals surface area contributed by atoms with E-state index < -0.39 is 12.1 Å². The number of fused-ring (bicyclic) bond motifs is 3. The highest BCUT2D eigenvalue weighted by Gasteiger charge is 2.29. The van der Waals surface area contributed by atoms with Crippen molar-refractivity contribution >= 4 is 23.7 Å². The molecule has 1 aliphatic rings. The van der Waals surface area contributed by atoms with Crippen molar-refractivity contribution in [2.24, 2.45) is 5.92 Å². The van der Waals surface area contributed by atoms with Gasteiger partial charge in [-0.25, -0.2) is 9.59 Å². The molecule has 3 N–H and O–H groups in total. The first-order chi connectivity index (χ1) is 17.0. The predicted molar refractivity (Wildman–Crippen MR) is 134 cm³/mol. The molecule has 2 amide bonds. The van der Waals surface area contributed by atoms with Gasteiger partial charge in [0.1, 0.15) is 6.61 Å². The van der Waals surface area contributed by atoms with E-state index in [4.69, 9.17) is 4.74 Å². The third-order valence-corrected chi connectivity index (χ3v) is 6.29.